The molecule has 1 aromatic carbocycles. The maximum absolute atomic E-state index is 12.4. The van der Waals surface area contributed by atoms with Gasteiger partial charge in [0.1, 0.15) is 6.61 Å². The Hall–Kier alpha value is -3.38. The molecule has 1 aliphatic rings. The van der Waals surface area contributed by atoms with E-state index in [-0.39, 0.29) is 37.9 Å². The quantitative estimate of drug-likeness (QED) is 0.547. The molecule has 2 N–H and O–H groups in total. The Balaban J connectivity index is 0.000000806. The van der Waals surface area contributed by atoms with Crippen molar-refractivity contribution in [3.05, 3.63) is 36.0 Å². The highest BCUT2D eigenvalue weighted by molar-refractivity contribution is 7.22. The Labute approximate surface area is 174 Å². The number of amides is 2. The predicted octanol–water partition coefficient (Wildman–Crippen LogP) is 1.20. The molecule has 2 aromatic heterocycles. The van der Waals surface area contributed by atoms with Crippen LogP contribution in [0.5, 0.6) is 0 Å². The van der Waals surface area contributed by atoms with Crippen LogP contribution in [0.4, 0.5) is 5.13 Å². The number of benzene rings is 1. The number of anilines is 1. The zero-order valence-electron chi connectivity index (χ0n) is 16.0. The Kier molecular flexibility index (Phi) is 7.03. The lowest BCUT2D eigenvalue weighted by atomic mass is 10.1. The van der Waals surface area contributed by atoms with Crippen LogP contribution in [-0.4, -0.2) is 52.2 Å². The van der Waals surface area contributed by atoms with Gasteiger partial charge in [0.2, 0.25) is 17.7 Å². The van der Waals surface area contributed by atoms with Crippen LogP contribution in [0.3, 0.4) is 0 Å². The molecule has 4 rings (SSSR count). The normalized spacial score (nSPS) is 15.7. The van der Waals surface area contributed by atoms with Gasteiger partial charge in [0.25, 0.3) is 6.47 Å². The summed E-state index contributed by atoms with van der Waals surface area (Å²) in [4.78, 5) is 43.3. The maximum atomic E-state index is 12.4. The zero-order valence-corrected chi connectivity index (χ0v) is 16.8. The van der Waals surface area contributed by atoms with Gasteiger partial charge in [-0.1, -0.05) is 28.6 Å². The van der Waals surface area contributed by atoms with Gasteiger partial charge in [-0.15, -0.1) is 0 Å². The number of nitrogens with zero attached hydrogens (tertiary/aromatic N) is 4. The molecule has 1 aliphatic heterocycles. The number of hydrogen-bond donors (Lipinski definition) is 2. The van der Waals surface area contributed by atoms with Crippen LogP contribution < -0.4 is 10.2 Å². The summed E-state index contributed by atoms with van der Waals surface area (Å²) in [6, 6.07) is 7.71. The molecule has 0 bridgehead atoms. The number of ether oxygens (including phenoxy) is 1. The van der Waals surface area contributed by atoms with Gasteiger partial charge in [-0.2, -0.15) is 4.98 Å². The van der Waals surface area contributed by atoms with E-state index in [4.69, 9.17) is 19.2 Å². The van der Waals surface area contributed by atoms with E-state index in [1.807, 2.05) is 24.3 Å². The molecule has 11 nitrogen and oxygen atoms in total. The fourth-order valence-electron chi connectivity index (χ4n) is 2.90. The molecule has 1 atom stereocenters. The SMILES string of the molecule is COCc1noc(CNC(=O)C2CC(=O)N(c3nc4ccccc4s3)C2)n1.O=CO. The number of hydrogen-bond acceptors (Lipinski definition) is 9. The van der Waals surface area contributed by atoms with Gasteiger partial charge in [0, 0.05) is 20.1 Å². The average Bonchev–Trinajstić information content (AvgIpc) is 3.44. The molecule has 0 radical (unpaired) electrons. The summed E-state index contributed by atoms with van der Waals surface area (Å²) in [5.74, 6) is -0.0544. The van der Waals surface area contributed by atoms with Crippen LogP contribution in [0.15, 0.2) is 28.8 Å². The summed E-state index contributed by atoms with van der Waals surface area (Å²) in [6.45, 7) is 0.413. The highest BCUT2D eigenvalue weighted by Crippen LogP contribution is 2.32. The first-order valence-electron chi connectivity index (χ1n) is 8.87. The third-order valence-electron chi connectivity index (χ3n) is 4.21. The number of methoxy groups -OCH3 is 1. The van der Waals surface area contributed by atoms with Gasteiger partial charge in [-0.25, -0.2) is 4.98 Å². The number of carbonyl (C=O) groups is 3. The van der Waals surface area contributed by atoms with Crippen LogP contribution in [0.2, 0.25) is 0 Å². The number of aromatic nitrogens is 3. The third-order valence-corrected chi connectivity index (χ3v) is 5.27. The molecular weight excluding hydrogens is 414 g/mol. The number of para-hydroxylation sites is 1. The topological polar surface area (TPSA) is 148 Å². The first-order chi connectivity index (χ1) is 14.5. The lowest BCUT2D eigenvalue weighted by Crippen LogP contribution is -2.32. The van der Waals surface area contributed by atoms with Crippen LogP contribution in [0.1, 0.15) is 18.1 Å². The molecule has 30 heavy (non-hydrogen) atoms. The zero-order chi connectivity index (χ0) is 21.5. The van der Waals surface area contributed by atoms with Gasteiger partial charge in [-0.05, 0) is 12.1 Å². The van der Waals surface area contributed by atoms with Gasteiger partial charge in [0.05, 0.1) is 22.7 Å². The summed E-state index contributed by atoms with van der Waals surface area (Å²) in [7, 11) is 1.53. The van der Waals surface area contributed by atoms with Gasteiger partial charge >= 0.3 is 0 Å². The van der Waals surface area contributed by atoms with E-state index in [1.165, 1.54) is 18.4 Å². The van der Waals surface area contributed by atoms with E-state index in [0.29, 0.717) is 23.4 Å². The van der Waals surface area contributed by atoms with Crippen LogP contribution in [0.25, 0.3) is 10.2 Å². The number of nitrogens with one attached hydrogen (secondary N) is 1. The molecule has 2 amide bonds. The molecule has 0 spiro atoms. The standard InChI is InChI=1S/C17H17N5O4S.CH2O2/c1-25-9-13-20-14(26-21-13)7-18-16(24)10-6-15(23)22(8-10)17-19-11-4-2-3-5-12(11)27-17;2-1-3/h2-5,10H,6-9H2,1H3,(H,18,24);1H,(H,2,3). The highest BCUT2D eigenvalue weighted by atomic mass is 32.1. The van der Waals surface area contributed by atoms with Gasteiger partial charge in [0.15, 0.2) is 11.0 Å². The molecule has 3 aromatic rings. The van der Waals surface area contributed by atoms with Crippen molar-refractivity contribution in [2.24, 2.45) is 5.92 Å². The molecular formula is C18H19N5O6S. The minimum atomic E-state index is -0.439. The first-order valence-corrected chi connectivity index (χ1v) is 9.69. The molecule has 1 unspecified atom stereocenters. The van der Waals surface area contributed by atoms with Crippen molar-refractivity contribution in [1.82, 2.24) is 20.4 Å². The van der Waals surface area contributed by atoms with Gasteiger partial charge in [-0.3, -0.25) is 19.3 Å². The monoisotopic (exact) mass is 433 g/mol. The van der Waals surface area contributed by atoms with Crippen molar-refractivity contribution in [3.63, 3.8) is 0 Å². The highest BCUT2D eigenvalue weighted by Gasteiger charge is 2.36. The van der Waals surface area contributed by atoms with E-state index < -0.39 is 5.92 Å². The molecule has 3 heterocycles. The average molecular weight is 433 g/mol. The van der Waals surface area contributed by atoms with E-state index >= 15 is 0 Å². The molecule has 1 saturated heterocycles. The predicted molar refractivity (Wildman–Crippen MR) is 106 cm³/mol. The molecule has 0 saturated carbocycles. The smallest absolute Gasteiger partial charge is 0.290 e. The van der Waals surface area contributed by atoms with Crippen molar-refractivity contribution in [2.75, 3.05) is 18.6 Å². The van der Waals surface area contributed by atoms with E-state index in [0.717, 1.165) is 10.2 Å². The Bertz CT molecular complexity index is 1000. The largest absolute Gasteiger partial charge is 0.483 e. The van der Waals surface area contributed by atoms with Crippen molar-refractivity contribution >= 4 is 45.0 Å². The molecule has 1 fully saturated rings. The van der Waals surface area contributed by atoms with Crippen LogP contribution >= 0.6 is 11.3 Å². The summed E-state index contributed by atoms with van der Waals surface area (Å²) in [6.07, 6.45) is 0.153. The molecule has 0 aliphatic carbocycles. The first kappa shape index (κ1) is 21.3. The third kappa shape index (κ3) is 4.96. The van der Waals surface area contributed by atoms with Crippen molar-refractivity contribution in [1.29, 1.82) is 0 Å². The maximum Gasteiger partial charge on any atom is 0.290 e. The lowest BCUT2D eigenvalue weighted by molar-refractivity contribution is -0.126. The minimum absolute atomic E-state index is 0.102. The second-order valence-corrected chi connectivity index (χ2v) is 7.24. The number of thiazole rings is 1. The Morgan fingerprint density at radius 1 is 1.43 bits per heavy atom. The van der Waals surface area contributed by atoms with Crippen molar-refractivity contribution in [3.8, 4) is 0 Å². The minimum Gasteiger partial charge on any atom is -0.483 e. The number of carboxylic acid groups (broad SMARTS) is 1. The Morgan fingerprint density at radius 2 is 2.20 bits per heavy atom. The fraction of sp³-hybridized carbons (Fsp3) is 0.333. The van der Waals surface area contributed by atoms with Crippen molar-refractivity contribution < 1.29 is 28.8 Å². The number of rotatable bonds is 6. The van der Waals surface area contributed by atoms with Crippen LogP contribution in [-0.2, 0) is 32.3 Å². The number of carbonyl (C=O) groups excluding carboxylic acids is 2. The van der Waals surface area contributed by atoms with E-state index in [2.05, 4.69) is 20.4 Å². The van der Waals surface area contributed by atoms with E-state index in [1.54, 1.807) is 4.90 Å². The fourth-order valence-corrected chi connectivity index (χ4v) is 3.89. The van der Waals surface area contributed by atoms with Gasteiger partial charge < -0.3 is 19.7 Å². The summed E-state index contributed by atoms with van der Waals surface area (Å²) < 4.78 is 11.0. The summed E-state index contributed by atoms with van der Waals surface area (Å²) in [5, 5.41) is 14.0. The summed E-state index contributed by atoms with van der Waals surface area (Å²) in [5.41, 5.74) is 0.849. The lowest BCUT2D eigenvalue weighted by Gasteiger charge is -2.12. The summed E-state index contributed by atoms with van der Waals surface area (Å²) >= 11 is 1.45. The van der Waals surface area contributed by atoms with Crippen LogP contribution in [0, 0.1) is 5.92 Å². The second-order valence-electron chi connectivity index (χ2n) is 6.23. The molecule has 12 heteroatoms. The van der Waals surface area contributed by atoms with Crippen molar-refractivity contribution in [2.45, 2.75) is 19.6 Å². The van der Waals surface area contributed by atoms with E-state index in [9.17, 15) is 9.59 Å². The number of fused-ring (bicyclic) bond motifs is 1. The molecule has 158 valence electrons. The Morgan fingerprint density at radius 3 is 2.93 bits per heavy atom. The second kappa shape index (κ2) is 9.89.